The molecular weight excluding hydrogens is 344 g/mol. The van der Waals surface area contributed by atoms with E-state index in [0.29, 0.717) is 18.9 Å². The molecule has 0 aliphatic carbocycles. The van der Waals surface area contributed by atoms with Crippen LogP contribution in [-0.2, 0) is 4.79 Å². The van der Waals surface area contributed by atoms with E-state index in [9.17, 15) is 14.9 Å². The SMILES string of the molecule is CC(N)C1CCCN(C(=O)CCCNc2ccc([N+](=O)[O-])cc2)C1.Cl. The highest BCUT2D eigenvalue weighted by Gasteiger charge is 2.25. The average Bonchev–Trinajstić information content (AvgIpc) is 2.59. The van der Waals surface area contributed by atoms with E-state index < -0.39 is 4.92 Å². The molecule has 1 aliphatic rings. The van der Waals surface area contributed by atoms with E-state index in [-0.39, 0.29) is 30.0 Å². The minimum absolute atomic E-state index is 0. The lowest BCUT2D eigenvalue weighted by atomic mass is 9.92. The zero-order valence-electron chi connectivity index (χ0n) is 14.5. The molecule has 2 atom stereocenters. The highest BCUT2D eigenvalue weighted by Crippen LogP contribution is 2.20. The number of amides is 1. The lowest BCUT2D eigenvalue weighted by molar-refractivity contribution is -0.384. The number of likely N-dealkylation sites (tertiary alicyclic amines) is 1. The van der Waals surface area contributed by atoms with Crippen LogP contribution in [0.3, 0.4) is 0 Å². The summed E-state index contributed by atoms with van der Waals surface area (Å²) in [5.41, 5.74) is 6.85. The molecule has 0 radical (unpaired) electrons. The summed E-state index contributed by atoms with van der Waals surface area (Å²) in [6.45, 7) is 4.27. The van der Waals surface area contributed by atoms with Crippen LogP contribution in [0, 0.1) is 16.0 Å². The average molecular weight is 371 g/mol. The van der Waals surface area contributed by atoms with Crippen LogP contribution in [0.25, 0.3) is 0 Å². The zero-order valence-corrected chi connectivity index (χ0v) is 15.3. The topological polar surface area (TPSA) is 102 Å². The van der Waals surface area contributed by atoms with Gasteiger partial charge in [0.05, 0.1) is 4.92 Å². The quantitative estimate of drug-likeness (QED) is 0.436. The van der Waals surface area contributed by atoms with Crippen LogP contribution in [0.15, 0.2) is 24.3 Å². The van der Waals surface area contributed by atoms with Crippen molar-refractivity contribution in [3.63, 3.8) is 0 Å². The minimum Gasteiger partial charge on any atom is -0.385 e. The fourth-order valence-corrected chi connectivity index (χ4v) is 3.00. The van der Waals surface area contributed by atoms with Crippen molar-refractivity contribution in [3.8, 4) is 0 Å². The number of nitrogens with one attached hydrogen (secondary N) is 1. The number of carbonyl (C=O) groups excluding carboxylic acids is 1. The summed E-state index contributed by atoms with van der Waals surface area (Å²) in [5.74, 6) is 0.590. The molecule has 0 bridgehead atoms. The molecule has 25 heavy (non-hydrogen) atoms. The Morgan fingerprint density at radius 2 is 2.12 bits per heavy atom. The summed E-state index contributed by atoms with van der Waals surface area (Å²) in [7, 11) is 0. The highest BCUT2D eigenvalue weighted by molar-refractivity contribution is 5.85. The highest BCUT2D eigenvalue weighted by atomic mass is 35.5. The van der Waals surface area contributed by atoms with Gasteiger partial charge in [-0.05, 0) is 44.2 Å². The number of piperidine rings is 1. The monoisotopic (exact) mass is 370 g/mol. The molecule has 1 aromatic carbocycles. The Hall–Kier alpha value is -1.86. The number of non-ortho nitro benzene ring substituents is 1. The van der Waals surface area contributed by atoms with Crippen LogP contribution in [0.1, 0.15) is 32.6 Å². The minimum atomic E-state index is -0.420. The van der Waals surface area contributed by atoms with Crippen molar-refractivity contribution in [2.45, 2.75) is 38.6 Å². The summed E-state index contributed by atoms with van der Waals surface area (Å²) in [5, 5.41) is 13.8. The Kier molecular flexibility index (Phi) is 8.65. The second kappa shape index (κ2) is 10.2. The Morgan fingerprint density at radius 1 is 1.44 bits per heavy atom. The number of hydrogen-bond donors (Lipinski definition) is 2. The molecule has 1 heterocycles. The van der Waals surface area contributed by atoms with Crippen LogP contribution in [0.4, 0.5) is 11.4 Å². The molecule has 1 aliphatic heterocycles. The lowest BCUT2D eigenvalue weighted by Gasteiger charge is -2.34. The molecule has 1 fully saturated rings. The molecule has 8 heteroatoms. The first kappa shape index (κ1) is 21.2. The largest absolute Gasteiger partial charge is 0.385 e. The second-order valence-corrected chi connectivity index (χ2v) is 6.44. The molecule has 7 nitrogen and oxygen atoms in total. The van der Waals surface area contributed by atoms with Crippen LogP contribution in [0.5, 0.6) is 0 Å². The van der Waals surface area contributed by atoms with Crippen LogP contribution in [-0.4, -0.2) is 41.4 Å². The third-order valence-corrected chi connectivity index (χ3v) is 4.53. The number of nitrogens with zero attached hydrogens (tertiary/aromatic N) is 2. The molecule has 3 N–H and O–H groups in total. The van der Waals surface area contributed by atoms with Gasteiger partial charge in [0.2, 0.25) is 5.91 Å². The third-order valence-electron chi connectivity index (χ3n) is 4.53. The molecule has 140 valence electrons. The van der Waals surface area contributed by atoms with Crippen LogP contribution >= 0.6 is 12.4 Å². The molecule has 0 saturated carbocycles. The Labute approximate surface area is 154 Å². The molecule has 1 saturated heterocycles. The number of rotatable bonds is 7. The van der Waals surface area contributed by atoms with Crippen molar-refractivity contribution in [1.82, 2.24) is 4.90 Å². The number of hydrogen-bond acceptors (Lipinski definition) is 5. The molecule has 1 aromatic rings. The molecule has 2 unspecified atom stereocenters. The van der Waals surface area contributed by atoms with Gasteiger partial charge < -0.3 is 16.0 Å². The van der Waals surface area contributed by atoms with Gasteiger partial charge in [-0.25, -0.2) is 0 Å². The molecular formula is C17H27ClN4O3. The maximum absolute atomic E-state index is 12.3. The summed E-state index contributed by atoms with van der Waals surface area (Å²) in [6.07, 6.45) is 3.36. The molecule has 2 rings (SSSR count). The summed E-state index contributed by atoms with van der Waals surface area (Å²) in [6, 6.07) is 6.42. The standard InChI is InChI=1S/C17H26N4O3.ClH/c1-13(18)14-4-3-11-20(12-14)17(22)5-2-10-19-15-6-8-16(9-7-15)21(23)24;/h6-9,13-14,19H,2-5,10-12,18H2,1H3;1H. The number of nitro benzene ring substituents is 1. The first-order valence-electron chi connectivity index (χ1n) is 8.49. The van der Waals surface area contributed by atoms with Gasteiger partial charge in [-0.3, -0.25) is 14.9 Å². The number of benzene rings is 1. The van der Waals surface area contributed by atoms with E-state index in [2.05, 4.69) is 5.32 Å². The zero-order chi connectivity index (χ0) is 17.5. The van der Waals surface area contributed by atoms with Gasteiger partial charge in [-0.1, -0.05) is 0 Å². The van der Waals surface area contributed by atoms with Gasteiger partial charge in [-0.15, -0.1) is 12.4 Å². The van der Waals surface area contributed by atoms with Crippen molar-refractivity contribution in [3.05, 3.63) is 34.4 Å². The van der Waals surface area contributed by atoms with E-state index in [1.54, 1.807) is 12.1 Å². The Morgan fingerprint density at radius 3 is 2.72 bits per heavy atom. The van der Waals surface area contributed by atoms with Crippen LogP contribution in [0.2, 0.25) is 0 Å². The predicted molar refractivity (Wildman–Crippen MR) is 101 cm³/mol. The van der Waals surface area contributed by atoms with Gasteiger partial charge in [0.15, 0.2) is 0 Å². The van der Waals surface area contributed by atoms with Gasteiger partial charge in [0.25, 0.3) is 5.69 Å². The van der Waals surface area contributed by atoms with Gasteiger partial charge in [0.1, 0.15) is 0 Å². The number of nitro groups is 1. The number of nitrogens with two attached hydrogens (primary N) is 1. The van der Waals surface area contributed by atoms with Crippen molar-refractivity contribution >= 4 is 29.7 Å². The summed E-state index contributed by atoms with van der Waals surface area (Å²) >= 11 is 0. The second-order valence-electron chi connectivity index (χ2n) is 6.44. The maximum atomic E-state index is 12.3. The smallest absolute Gasteiger partial charge is 0.269 e. The predicted octanol–water partition coefficient (Wildman–Crippen LogP) is 2.79. The van der Waals surface area contributed by atoms with Gasteiger partial charge in [-0.2, -0.15) is 0 Å². The first-order valence-corrected chi connectivity index (χ1v) is 8.49. The fraction of sp³-hybridized carbons (Fsp3) is 0.588. The first-order chi connectivity index (χ1) is 11.5. The van der Waals surface area contributed by atoms with Crippen molar-refractivity contribution < 1.29 is 9.72 Å². The molecule has 0 spiro atoms. The summed E-state index contributed by atoms with van der Waals surface area (Å²) < 4.78 is 0. The normalized spacial score (nSPS) is 18.2. The van der Waals surface area contributed by atoms with E-state index in [1.807, 2.05) is 11.8 Å². The van der Waals surface area contributed by atoms with Gasteiger partial charge >= 0.3 is 0 Å². The van der Waals surface area contributed by atoms with E-state index >= 15 is 0 Å². The molecule has 1 amide bonds. The maximum Gasteiger partial charge on any atom is 0.269 e. The third kappa shape index (κ3) is 6.51. The summed E-state index contributed by atoms with van der Waals surface area (Å²) in [4.78, 5) is 24.4. The van der Waals surface area contributed by atoms with Crippen molar-refractivity contribution in [1.29, 1.82) is 0 Å². The number of carbonyl (C=O) groups is 1. The Bertz CT molecular complexity index is 566. The van der Waals surface area contributed by atoms with Crippen LogP contribution < -0.4 is 11.1 Å². The van der Waals surface area contributed by atoms with Crippen molar-refractivity contribution in [2.24, 2.45) is 11.7 Å². The van der Waals surface area contributed by atoms with E-state index in [4.69, 9.17) is 5.73 Å². The molecule has 0 aromatic heterocycles. The van der Waals surface area contributed by atoms with E-state index in [1.165, 1.54) is 12.1 Å². The van der Waals surface area contributed by atoms with Crippen molar-refractivity contribution in [2.75, 3.05) is 25.0 Å². The Balaban J connectivity index is 0.00000312. The number of anilines is 1. The van der Waals surface area contributed by atoms with Gasteiger partial charge in [0, 0.05) is 49.9 Å². The number of halogens is 1. The van der Waals surface area contributed by atoms with E-state index in [0.717, 1.165) is 38.0 Å². The lowest BCUT2D eigenvalue weighted by Crippen LogP contribution is -2.45. The fourth-order valence-electron chi connectivity index (χ4n) is 3.00.